The molecule has 9 heteroatoms. The van der Waals surface area contributed by atoms with E-state index in [4.69, 9.17) is 18.9 Å². The second-order valence-electron chi connectivity index (χ2n) is 8.34. The molecule has 3 aromatic rings. The van der Waals surface area contributed by atoms with Crippen LogP contribution in [0.4, 0.5) is 0 Å². The Balaban J connectivity index is 1.51. The van der Waals surface area contributed by atoms with Crippen LogP contribution in [0.25, 0.3) is 0 Å². The molecule has 0 spiro atoms. The third-order valence-electron chi connectivity index (χ3n) is 5.52. The van der Waals surface area contributed by atoms with Crippen LogP contribution in [-0.2, 0) is 27.4 Å². The van der Waals surface area contributed by atoms with Crippen molar-refractivity contribution in [1.82, 2.24) is 0 Å². The smallest absolute Gasteiger partial charge is 0.343 e. The van der Waals surface area contributed by atoms with E-state index < -0.39 is 11.9 Å². The Labute approximate surface area is 231 Å². The molecule has 1 N–H and O–H groups in total. The molecule has 0 saturated heterocycles. The third kappa shape index (κ3) is 8.78. The lowest BCUT2D eigenvalue weighted by Crippen LogP contribution is -2.11. The zero-order valence-corrected chi connectivity index (χ0v) is 21.7. The first-order chi connectivity index (χ1) is 19.3. The summed E-state index contributed by atoms with van der Waals surface area (Å²) in [6.07, 6.45) is 2.70. The lowest BCUT2D eigenvalue weighted by atomic mass is 10.1. The number of rotatable bonds is 15. The SMILES string of the molecule is C=CC(=O)COc1ccc(C(=O)OCCc2ccc(OC(=O)c3ccc(OCC(=O)C=C)cc3)c(CO)c2)cc1. The van der Waals surface area contributed by atoms with Gasteiger partial charge < -0.3 is 24.1 Å². The summed E-state index contributed by atoms with van der Waals surface area (Å²) in [4.78, 5) is 47.4. The molecular formula is C31H28O9. The van der Waals surface area contributed by atoms with Crippen molar-refractivity contribution >= 4 is 23.5 Å². The average molecular weight is 545 g/mol. The minimum atomic E-state index is -0.631. The number of ether oxygens (including phenoxy) is 4. The fourth-order valence-electron chi connectivity index (χ4n) is 3.32. The molecule has 0 unspecified atom stereocenters. The Morgan fingerprint density at radius 3 is 1.75 bits per heavy atom. The second-order valence-corrected chi connectivity index (χ2v) is 8.34. The zero-order valence-electron chi connectivity index (χ0n) is 21.7. The molecule has 9 nitrogen and oxygen atoms in total. The normalized spacial score (nSPS) is 10.2. The molecule has 0 saturated carbocycles. The highest BCUT2D eigenvalue weighted by atomic mass is 16.5. The Hall–Kier alpha value is -5.02. The van der Waals surface area contributed by atoms with Crippen LogP contribution in [0.2, 0.25) is 0 Å². The monoisotopic (exact) mass is 544 g/mol. The van der Waals surface area contributed by atoms with Gasteiger partial charge in [-0.2, -0.15) is 0 Å². The number of carbonyl (C=O) groups excluding carboxylic acids is 4. The zero-order chi connectivity index (χ0) is 28.9. The summed E-state index contributed by atoms with van der Waals surface area (Å²) in [5.74, 6) is -0.627. The molecule has 3 rings (SSSR count). The van der Waals surface area contributed by atoms with E-state index in [9.17, 15) is 24.3 Å². The van der Waals surface area contributed by atoms with Crippen LogP contribution in [0.1, 0.15) is 31.8 Å². The van der Waals surface area contributed by atoms with Gasteiger partial charge >= 0.3 is 11.9 Å². The van der Waals surface area contributed by atoms with Gasteiger partial charge in [0.2, 0.25) is 0 Å². The van der Waals surface area contributed by atoms with Gasteiger partial charge in [-0.1, -0.05) is 19.2 Å². The fourth-order valence-corrected chi connectivity index (χ4v) is 3.32. The highest BCUT2D eigenvalue weighted by molar-refractivity contribution is 5.92. The van der Waals surface area contributed by atoms with Crippen molar-refractivity contribution in [3.63, 3.8) is 0 Å². The van der Waals surface area contributed by atoms with Gasteiger partial charge in [-0.25, -0.2) is 9.59 Å². The third-order valence-corrected chi connectivity index (χ3v) is 5.52. The molecule has 0 aromatic heterocycles. The largest absolute Gasteiger partial charge is 0.485 e. The van der Waals surface area contributed by atoms with E-state index in [2.05, 4.69) is 13.2 Å². The van der Waals surface area contributed by atoms with Crippen molar-refractivity contribution in [3.05, 3.63) is 114 Å². The van der Waals surface area contributed by atoms with E-state index in [1.807, 2.05) is 0 Å². The summed E-state index contributed by atoms with van der Waals surface area (Å²) >= 11 is 0. The first kappa shape index (κ1) is 29.5. The number of carbonyl (C=O) groups is 4. The fraction of sp³-hybridized carbons (Fsp3) is 0.161. The number of aliphatic hydroxyl groups is 1. The molecule has 0 heterocycles. The summed E-state index contributed by atoms with van der Waals surface area (Å²) < 4.78 is 21.4. The van der Waals surface area contributed by atoms with Gasteiger partial charge in [-0.05, 0) is 78.4 Å². The molecule has 0 aliphatic heterocycles. The first-order valence-corrected chi connectivity index (χ1v) is 12.2. The molecule has 0 radical (unpaired) electrons. The summed E-state index contributed by atoms with van der Waals surface area (Å²) in [6.45, 7) is 6.18. The molecule has 0 bridgehead atoms. The van der Waals surface area contributed by atoms with Crippen LogP contribution in [0.15, 0.2) is 92.0 Å². The van der Waals surface area contributed by atoms with Crippen LogP contribution in [0.3, 0.4) is 0 Å². The molecule has 206 valence electrons. The van der Waals surface area contributed by atoms with Crippen LogP contribution >= 0.6 is 0 Å². The van der Waals surface area contributed by atoms with Crippen molar-refractivity contribution < 1.29 is 43.2 Å². The summed E-state index contributed by atoms with van der Waals surface area (Å²) in [5.41, 5.74) is 1.74. The van der Waals surface area contributed by atoms with E-state index in [1.165, 1.54) is 30.3 Å². The molecule has 0 amide bonds. The maximum atomic E-state index is 12.6. The lowest BCUT2D eigenvalue weighted by Gasteiger charge is -2.11. The summed E-state index contributed by atoms with van der Waals surface area (Å²) in [6, 6.07) is 17.2. The standard InChI is InChI=1S/C31H28O9/c1-3-25(33)19-38-27-10-6-22(7-11-27)30(35)37-16-15-21-5-14-29(24(17-21)18-32)40-31(36)23-8-12-28(13-9-23)39-20-26(34)4-2/h3-14,17,32H,1-2,15-16,18-20H2. The van der Waals surface area contributed by atoms with E-state index in [0.717, 1.165) is 11.6 Å². The maximum Gasteiger partial charge on any atom is 0.343 e. The van der Waals surface area contributed by atoms with Gasteiger partial charge in [0, 0.05) is 12.0 Å². The van der Waals surface area contributed by atoms with Crippen LogP contribution in [0.5, 0.6) is 17.2 Å². The second kappa shape index (κ2) is 14.8. The van der Waals surface area contributed by atoms with Crippen molar-refractivity contribution in [2.45, 2.75) is 13.0 Å². The number of ketones is 2. The van der Waals surface area contributed by atoms with E-state index in [-0.39, 0.29) is 49.3 Å². The van der Waals surface area contributed by atoms with Gasteiger partial charge in [0.15, 0.2) is 24.8 Å². The minimum Gasteiger partial charge on any atom is -0.485 e. The van der Waals surface area contributed by atoms with Crippen LogP contribution < -0.4 is 14.2 Å². The van der Waals surface area contributed by atoms with E-state index in [1.54, 1.807) is 42.5 Å². The molecule has 0 fully saturated rings. The van der Waals surface area contributed by atoms with Gasteiger partial charge in [0.1, 0.15) is 17.2 Å². The average Bonchev–Trinajstić information content (AvgIpc) is 2.99. The Morgan fingerprint density at radius 1 is 0.725 bits per heavy atom. The van der Waals surface area contributed by atoms with Crippen molar-refractivity contribution in [3.8, 4) is 17.2 Å². The van der Waals surface area contributed by atoms with E-state index in [0.29, 0.717) is 29.0 Å². The van der Waals surface area contributed by atoms with Gasteiger partial charge in [-0.15, -0.1) is 0 Å². The number of hydrogen-bond donors (Lipinski definition) is 1. The summed E-state index contributed by atoms with van der Waals surface area (Å²) in [7, 11) is 0. The molecule has 40 heavy (non-hydrogen) atoms. The van der Waals surface area contributed by atoms with Gasteiger partial charge in [0.25, 0.3) is 0 Å². The lowest BCUT2D eigenvalue weighted by molar-refractivity contribution is -0.117. The Bertz CT molecular complexity index is 1370. The topological polar surface area (TPSA) is 125 Å². The predicted molar refractivity (Wildman–Crippen MR) is 146 cm³/mol. The Kier molecular flexibility index (Phi) is 10.9. The molecular weight excluding hydrogens is 516 g/mol. The highest BCUT2D eigenvalue weighted by Crippen LogP contribution is 2.23. The quantitative estimate of drug-likeness (QED) is 0.171. The molecule has 3 aromatic carbocycles. The number of aliphatic hydroxyl groups excluding tert-OH is 1. The summed E-state index contributed by atoms with van der Waals surface area (Å²) in [5, 5.41) is 9.79. The van der Waals surface area contributed by atoms with Crippen LogP contribution in [-0.4, -0.2) is 48.4 Å². The number of hydrogen-bond acceptors (Lipinski definition) is 9. The Morgan fingerprint density at radius 2 is 1.25 bits per heavy atom. The van der Waals surface area contributed by atoms with Crippen molar-refractivity contribution in [2.24, 2.45) is 0 Å². The van der Waals surface area contributed by atoms with Gasteiger partial charge in [0.05, 0.1) is 24.3 Å². The minimum absolute atomic E-state index is 0.0851. The first-order valence-electron chi connectivity index (χ1n) is 12.2. The molecule has 0 aliphatic rings. The molecule has 0 aliphatic carbocycles. The van der Waals surface area contributed by atoms with Crippen molar-refractivity contribution in [1.29, 1.82) is 0 Å². The maximum absolute atomic E-state index is 12.6. The van der Waals surface area contributed by atoms with E-state index >= 15 is 0 Å². The number of esters is 2. The van der Waals surface area contributed by atoms with Crippen molar-refractivity contribution in [2.75, 3.05) is 19.8 Å². The van der Waals surface area contributed by atoms with Crippen LogP contribution in [0, 0.1) is 0 Å². The highest BCUT2D eigenvalue weighted by Gasteiger charge is 2.14. The number of benzene rings is 3. The molecule has 0 atom stereocenters. The predicted octanol–water partition coefficient (Wildman–Crippen LogP) is 4.07. The van der Waals surface area contributed by atoms with Gasteiger partial charge in [-0.3, -0.25) is 9.59 Å².